The van der Waals surface area contributed by atoms with E-state index >= 15 is 0 Å². The number of hydrogen-bond donors (Lipinski definition) is 0. The van der Waals surface area contributed by atoms with Crippen molar-refractivity contribution in [1.82, 2.24) is 0 Å². The number of benzene rings is 7. The van der Waals surface area contributed by atoms with Gasteiger partial charge in [-0.25, -0.2) is 0 Å². The lowest BCUT2D eigenvalue weighted by Crippen LogP contribution is -2.19. The Bertz CT molecular complexity index is 2070. The van der Waals surface area contributed by atoms with Gasteiger partial charge in [0, 0.05) is 53.9 Å². The van der Waals surface area contributed by atoms with Gasteiger partial charge in [-0.05, 0) is 119 Å². The van der Waals surface area contributed by atoms with E-state index in [1.807, 2.05) is 0 Å². The van der Waals surface area contributed by atoms with E-state index in [1.54, 1.807) is 0 Å². The third kappa shape index (κ3) is 7.37. The van der Waals surface area contributed by atoms with Crippen LogP contribution >= 0.6 is 31.9 Å². The van der Waals surface area contributed by atoms with Gasteiger partial charge in [0.1, 0.15) is 0 Å². The molecular formula is C48H42Br2N2. The Morgan fingerprint density at radius 3 is 0.769 bits per heavy atom. The minimum absolute atomic E-state index is 0.125. The van der Waals surface area contributed by atoms with E-state index in [0.29, 0.717) is 0 Å². The van der Waals surface area contributed by atoms with Crippen molar-refractivity contribution in [2.45, 2.75) is 38.5 Å². The van der Waals surface area contributed by atoms with Crippen LogP contribution in [0.1, 0.15) is 49.9 Å². The summed E-state index contributed by atoms with van der Waals surface area (Å²) >= 11 is 7.22. The molecule has 0 saturated heterocycles. The second kappa shape index (κ2) is 15.0. The van der Waals surface area contributed by atoms with Crippen molar-refractivity contribution in [2.75, 3.05) is 9.80 Å². The average molecular weight is 807 g/mol. The molecule has 2 nitrogen and oxygen atoms in total. The van der Waals surface area contributed by atoms with Crippen LogP contribution in [-0.4, -0.2) is 0 Å². The highest BCUT2D eigenvalue weighted by Gasteiger charge is 2.25. The van der Waals surface area contributed by atoms with Crippen molar-refractivity contribution in [3.63, 3.8) is 0 Å². The first-order valence-electron chi connectivity index (χ1n) is 17.6. The van der Waals surface area contributed by atoms with Gasteiger partial charge in [0.15, 0.2) is 0 Å². The van der Waals surface area contributed by atoms with Crippen molar-refractivity contribution in [3.8, 4) is 0 Å². The second-order valence-corrected chi connectivity index (χ2v) is 16.0. The van der Waals surface area contributed by atoms with E-state index in [1.165, 1.54) is 22.3 Å². The zero-order chi connectivity index (χ0) is 36.3. The molecule has 0 heterocycles. The van der Waals surface area contributed by atoms with E-state index in [2.05, 4.69) is 251 Å². The Labute approximate surface area is 325 Å². The largest absolute Gasteiger partial charge is 0.311 e. The molecule has 0 radical (unpaired) electrons. The van der Waals surface area contributed by atoms with Crippen molar-refractivity contribution < 1.29 is 0 Å². The van der Waals surface area contributed by atoms with Crippen LogP contribution in [0.25, 0.3) is 0 Å². The molecular weight excluding hydrogens is 764 g/mol. The number of hydrogen-bond acceptors (Lipinski definition) is 2. The summed E-state index contributed by atoms with van der Waals surface area (Å²) in [5.41, 5.74) is 11.4. The zero-order valence-corrected chi connectivity index (χ0v) is 33.1. The summed E-state index contributed by atoms with van der Waals surface area (Å²) in [6.07, 6.45) is 0. The number of nitrogens with zero attached hydrogens (tertiary/aromatic N) is 2. The molecule has 0 N–H and O–H groups in total. The Kier molecular flexibility index (Phi) is 10.2. The third-order valence-corrected chi connectivity index (χ3v) is 11.3. The van der Waals surface area contributed by atoms with Crippen molar-refractivity contribution in [3.05, 3.63) is 213 Å². The molecule has 0 atom stereocenters. The van der Waals surface area contributed by atoms with Crippen LogP contribution in [0, 0.1) is 0 Å². The van der Waals surface area contributed by atoms with E-state index < -0.39 is 0 Å². The van der Waals surface area contributed by atoms with Gasteiger partial charge in [-0.3, -0.25) is 0 Å². The van der Waals surface area contributed by atoms with Gasteiger partial charge in [0.25, 0.3) is 0 Å². The van der Waals surface area contributed by atoms with Gasteiger partial charge in [-0.15, -0.1) is 0 Å². The van der Waals surface area contributed by atoms with Crippen LogP contribution in [0.2, 0.25) is 0 Å². The average Bonchev–Trinajstić information content (AvgIpc) is 3.18. The maximum atomic E-state index is 3.61. The highest BCUT2D eigenvalue weighted by Crippen LogP contribution is 2.42. The summed E-state index contributed by atoms with van der Waals surface area (Å²) in [4.78, 5) is 4.64. The van der Waals surface area contributed by atoms with Crippen LogP contribution < -0.4 is 9.80 Å². The number of anilines is 6. The van der Waals surface area contributed by atoms with Crippen molar-refractivity contribution in [1.29, 1.82) is 0 Å². The van der Waals surface area contributed by atoms with Crippen LogP contribution in [0.4, 0.5) is 34.1 Å². The minimum Gasteiger partial charge on any atom is -0.311 e. The topological polar surface area (TPSA) is 6.48 Å². The number of halogens is 2. The van der Waals surface area contributed by atoms with Gasteiger partial charge in [-0.2, -0.15) is 0 Å². The molecule has 0 aromatic heterocycles. The molecule has 0 unspecified atom stereocenters. The summed E-state index contributed by atoms with van der Waals surface area (Å²) < 4.78 is 2.10. The van der Waals surface area contributed by atoms with Gasteiger partial charge in [0.2, 0.25) is 0 Å². The molecule has 4 heteroatoms. The fourth-order valence-electron chi connectivity index (χ4n) is 6.92. The highest BCUT2D eigenvalue weighted by atomic mass is 79.9. The predicted octanol–water partition coefficient (Wildman–Crippen LogP) is 14.8. The number of rotatable bonds is 10. The van der Waals surface area contributed by atoms with Crippen molar-refractivity contribution >= 4 is 66.0 Å². The molecule has 7 rings (SSSR count). The third-order valence-electron chi connectivity index (χ3n) is 10.2. The summed E-state index contributed by atoms with van der Waals surface area (Å²) in [6, 6.07) is 65.4. The van der Waals surface area contributed by atoms with Crippen LogP contribution in [-0.2, 0) is 10.8 Å². The predicted molar refractivity (Wildman–Crippen MR) is 228 cm³/mol. The molecule has 0 fully saturated rings. The molecule has 0 saturated carbocycles. The standard InChI is InChI=1S/C48H42Br2N2/c1-47(2,35-11-7-5-8-12-35)37-15-23-41(24-16-37)51(42-25-17-38(18-26-42)48(3,4)36-13-9-6-10-14-36)45-31-33-46(34-32-45)52(43-27-19-39(49)20-28-43)44-29-21-40(50)22-30-44/h5-34H,1-4H3. The van der Waals surface area contributed by atoms with Crippen molar-refractivity contribution in [2.24, 2.45) is 0 Å². The van der Waals surface area contributed by atoms with E-state index in [0.717, 1.165) is 43.1 Å². The molecule has 7 aromatic rings. The molecule has 0 spiro atoms. The molecule has 0 aliphatic carbocycles. The molecule has 0 aliphatic heterocycles. The lowest BCUT2D eigenvalue weighted by molar-refractivity contribution is 0.641. The second-order valence-electron chi connectivity index (χ2n) is 14.2. The monoisotopic (exact) mass is 804 g/mol. The molecule has 258 valence electrons. The van der Waals surface area contributed by atoms with Crippen LogP contribution in [0.3, 0.4) is 0 Å². The highest BCUT2D eigenvalue weighted by molar-refractivity contribution is 9.10. The smallest absolute Gasteiger partial charge is 0.0463 e. The summed E-state index contributed by atoms with van der Waals surface area (Å²) in [5.74, 6) is 0. The molecule has 0 amide bonds. The summed E-state index contributed by atoms with van der Waals surface area (Å²) in [6.45, 7) is 9.18. The summed E-state index contributed by atoms with van der Waals surface area (Å²) in [7, 11) is 0. The van der Waals surface area contributed by atoms with E-state index in [9.17, 15) is 0 Å². The fraction of sp³-hybridized carbons (Fsp3) is 0.125. The van der Waals surface area contributed by atoms with E-state index in [4.69, 9.17) is 0 Å². The van der Waals surface area contributed by atoms with Gasteiger partial charge in [0.05, 0.1) is 0 Å². The Balaban J connectivity index is 1.29. The molecule has 52 heavy (non-hydrogen) atoms. The maximum Gasteiger partial charge on any atom is 0.0463 e. The van der Waals surface area contributed by atoms with Gasteiger partial charge in [-0.1, -0.05) is 144 Å². The summed E-state index contributed by atoms with van der Waals surface area (Å²) in [5, 5.41) is 0. The quantitative estimate of drug-likeness (QED) is 0.136. The SMILES string of the molecule is CC(C)(c1ccccc1)c1ccc(N(c2ccc(N(c3ccc(Br)cc3)c3ccc(Br)cc3)cc2)c2ccc(C(C)(C)c3ccccc3)cc2)cc1. The molecule has 0 bridgehead atoms. The van der Waals surface area contributed by atoms with Crippen LogP contribution in [0.5, 0.6) is 0 Å². The first-order valence-corrected chi connectivity index (χ1v) is 19.2. The lowest BCUT2D eigenvalue weighted by Gasteiger charge is -2.31. The Morgan fingerprint density at radius 2 is 0.500 bits per heavy atom. The van der Waals surface area contributed by atoms with Gasteiger partial charge < -0.3 is 9.80 Å². The first kappa shape index (κ1) is 35.5. The molecule has 0 aliphatic rings. The normalized spacial score (nSPS) is 11.7. The van der Waals surface area contributed by atoms with E-state index in [-0.39, 0.29) is 10.8 Å². The minimum atomic E-state index is -0.125. The van der Waals surface area contributed by atoms with Gasteiger partial charge >= 0.3 is 0 Å². The Hall–Kier alpha value is -4.90. The van der Waals surface area contributed by atoms with Crippen LogP contribution in [0.15, 0.2) is 191 Å². The molecule has 7 aromatic carbocycles. The zero-order valence-electron chi connectivity index (χ0n) is 30.0. The Morgan fingerprint density at radius 1 is 0.288 bits per heavy atom. The first-order chi connectivity index (χ1) is 25.1. The fourth-order valence-corrected chi connectivity index (χ4v) is 7.45. The maximum absolute atomic E-state index is 3.61. The lowest BCUT2D eigenvalue weighted by atomic mass is 9.78.